The highest BCUT2D eigenvalue weighted by Gasteiger charge is 2.31. The lowest BCUT2D eigenvalue weighted by molar-refractivity contribution is 0.594. The zero-order valence-corrected chi connectivity index (χ0v) is 33.3. The molecule has 2 atom stereocenters. The van der Waals surface area contributed by atoms with Crippen LogP contribution < -0.4 is 0 Å². The minimum atomic E-state index is 0.171. The van der Waals surface area contributed by atoms with Crippen LogP contribution in [0, 0.1) is 5.92 Å². The summed E-state index contributed by atoms with van der Waals surface area (Å²) in [7, 11) is 0. The Morgan fingerprint density at radius 2 is 1.13 bits per heavy atom. The fraction of sp³-hybridized carbons (Fsp3) is 0.0702. The van der Waals surface area contributed by atoms with Gasteiger partial charge < -0.3 is 9.13 Å². The van der Waals surface area contributed by atoms with E-state index in [9.17, 15) is 0 Å². The van der Waals surface area contributed by atoms with E-state index in [1.807, 2.05) is 0 Å². The number of hydrogen-bond acceptors (Lipinski definition) is 1. The highest BCUT2D eigenvalue weighted by atomic mass is 15.0. The molecule has 12 rings (SSSR count). The highest BCUT2D eigenvalue weighted by Crippen LogP contribution is 2.44. The first-order chi connectivity index (χ1) is 29.7. The predicted molar refractivity (Wildman–Crippen MR) is 254 cm³/mol. The fourth-order valence-corrected chi connectivity index (χ4v) is 10.2. The van der Waals surface area contributed by atoms with Gasteiger partial charge in [0.2, 0.25) is 0 Å². The van der Waals surface area contributed by atoms with Crippen molar-refractivity contribution in [3.8, 4) is 11.4 Å². The zero-order valence-electron chi connectivity index (χ0n) is 33.3. The van der Waals surface area contributed by atoms with E-state index in [2.05, 4.69) is 222 Å². The van der Waals surface area contributed by atoms with Gasteiger partial charge in [0, 0.05) is 44.5 Å². The van der Waals surface area contributed by atoms with Gasteiger partial charge in [0.25, 0.3) is 0 Å². The Hall–Kier alpha value is -7.49. The minimum Gasteiger partial charge on any atom is -0.309 e. The second-order valence-corrected chi connectivity index (χ2v) is 16.2. The van der Waals surface area contributed by atoms with Crippen molar-refractivity contribution in [2.45, 2.75) is 19.3 Å². The second kappa shape index (κ2) is 13.8. The van der Waals surface area contributed by atoms with E-state index in [0.29, 0.717) is 0 Å². The van der Waals surface area contributed by atoms with E-state index in [1.165, 1.54) is 87.7 Å². The molecule has 0 saturated heterocycles. The molecule has 1 aliphatic heterocycles. The molecule has 60 heavy (non-hydrogen) atoms. The summed E-state index contributed by atoms with van der Waals surface area (Å²) in [4.78, 5) is 5.37. The highest BCUT2D eigenvalue weighted by molar-refractivity contribution is 6.26. The number of hydrogen-bond donors (Lipinski definition) is 0. The maximum atomic E-state index is 5.37. The molecule has 0 aliphatic carbocycles. The van der Waals surface area contributed by atoms with Gasteiger partial charge in [-0.2, -0.15) is 0 Å². The Labute approximate surface area is 348 Å². The van der Waals surface area contributed by atoms with Crippen LogP contribution >= 0.6 is 0 Å². The summed E-state index contributed by atoms with van der Waals surface area (Å²) in [6.07, 6.45) is 3.40. The smallest absolute Gasteiger partial charge is 0.0672 e. The van der Waals surface area contributed by atoms with Crippen molar-refractivity contribution in [2.75, 3.05) is 0 Å². The van der Waals surface area contributed by atoms with Gasteiger partial charge >= 0.3 is 0 Å². The normalized spacial score (nSPS) is 15.7. The van der Waals surface area contributed by atoms with Crippen molar-refractivity contribution in [1.29, 1.82) is 0 Å². The van der Waals surface area contributed by atoms with Crippen LogP contribution in [0.3, 0.4) is 0 Å². The molecule has 2 aromatic heterocycles. The molecule has 284 valence electrons. The minimum absolute atomic E-state index is 0.171. The van der Waals surface area contributed by atoms with Gasteiger partial charge in [0.05, 0.1) is 39.2 Å². The van der Waals surface area contributed by atoms with Crippen molar-refractivity contribution in [2.24, 2.45) is 10.9 Å². The van der Waals surface area contributed by atoms with Crippen molar-refractivity contribution in [3.63, 3.8) is 0 Å². The zero-order chi connectivity index (χ0) is 39.7. The van der Waals surface area contributed by atoms with Crippen molar-refractivity contribution in [1.82, 2.24) is 9.13 Å². The molecular formula is C57H41N3. The lowest BCUT2D eigenvalue weighted by Gasteiger charge is -2.31. The summed E-state index contributed by atoms with van der Waals surface area (Å²) in [5.74, 6) is 0.416. The number of nitrogens with zero attached hydrogens (tertiary/aromatic N) is 3. The quantitative estimate of drug-likeness (QED) is 0.161. The summed E-state index contributed by atoms with van der Waals surface area (Å²) < 4.78 is 4.99. The molecule has 3 heterocycles. The fourth-order valence-electron chi connectivity index (χ4n) is 10.2. The molecule has 1 aliphatic rings. The number of aromatic nitrogens is 2. The molecule has 3 nitrogen and oxygen atoms in total. The van der Waals surface area contributed by atoms with Crippen LogP contribution in [0.2, 0.25) is 0 Å². The largest absolute Gasteiger partial charge is 0.309 e. The molecule has 0 N–H and O–H groups in total. The van der Waals surface area contributed by atoms with E-state index >= 15 is 0 Å². The third-order valence-corrected chi connectivity index (χ3v) is 12.9. The summed E-state index contributed by atoms with van der Waals surface area (Å²) in [6.45, 7) is 2.30. The maximum absolute atomic E-state index is 5.37. The Morgan fingerprint density at radius 3 is 1.93 bits per heavy atom. The van der Waals surface area contributed by atoms with Gasteiger partial charge in [-0.25, -0.2) is 0 Å². The molecule has 3 heteroatoms. The Bertz CT molecular complexity index is 3530. The summed E-state index contributed by atoms with van der Waals surface area (Å²) in [6, 6.07) is 73.4. The van der Waals surface area contributed by atoms with E-state index < -0.39 is 0 Å². The van der Waals surface area contributed by atoms with Crippen LogP contribution in [0.15, 0.2) is 211 Å². The summed E-state index contributed by atoms with van der Waals surface area (Å²) in [5.41, 5.74) is 13.0. The van der Waals surface area contributed by atoms with Crippen LogP contribution in [0.1, 0.15) is 36.0 Å². The lowest BCUT2D eigenvalue weighted by Crippen LogP contribution is -2.25. The molecule has 0 radical (unpaired) electrons. The molecule has 0 fully saturated rings. The molecular weight excluding hydrogens is 727 g/mol. The van der Waals surface area contributed by atoms with E-state index in [1.54, 1.807) is 0 Å². The van der Waals surface area contributed by atoms with Gasteiger partial charge in [-0.15, -0.1) is 0 Å². The van der Waals surface area contributed by atoms with Crippen LogP contribution in [-0.2, 0) is 0 Å². The Kier molecular flexibility index (Phi) is 7.96. The number of para-hydroxylation sites is 2. The van der Waals surface area contributed by atoms with Gasteiger partial charge in [0.1, 0.15) is 0 Å². The summed E-state index contributed by atoms with van der Waals surface area (Å²) in [5, 5.41) is 9.97. The molecule has 0 bridgehead atoms. The number of rotatable bonds is 6. The second-order valence-electron chi connectivity index (χ2n) is 16.2. The SMILES string of the molecule is CCC1C(c2ccccc2)=NC(c2ccccc2)=CC1c1ccc2c(-n3c4ccccc4c4c3ccc3c5ccccc5n(-c5ccc6ccccc6c5)c34)cccc2c1. The average Bonchev–Trinajstić information content (AvgIpc) is 3.84. The third-order valence-electron chi connectivity index (χ3n) is 12.9. The molecule has 9 aromatic carbocycles. The van der Waals surface area contributed by atoms with Gasteiger partial charge in [-0.1, -0.05) is 171 Å². The van der Waals surface area contributed by atoms with Crippen LogP contribution in [0.5, 0.6) is 0 Å². The standard InChI is InChI=1S/C57H41N3/c1-2-44-49(36-50(38-17-5-3-6-18-38)58-56(44)39-19-7-4-8-20-39)42-29-31-45-41(34-42)22-15-27-51(45)60-53-26-14-12-24-48(53)55-54(60)33-32-47-46-23-11-13-25-52(46)59(57(47)55)43-30-28-37-16-9-10-21-40(37)35-43/h3-36,44,49H,2H2,1H3. The van der Waals surface area contributed by atoms with E-state index in [4.69, 9.17) is 4.99 Å². The van der Waals surface area contributed by atoms with Crippen LogP contribution in [-0.4, -0.2) is 14.8 Å². The molecule has 11 aromatic rings. The first kappa shape index (κ1) is 34.5. The molecule has 0 spiro atoms. The van der Waals surface area contributed by atoms with Crippen LogP contribution in [0.4, 0.5) is 0 Å². The first-order valence-corrected chi connectivity index (χ1v) is 21.1. The average molecular weight is 768 g/mol. The predicted octanol–water partition coefficient (Wildman–Crippen LogP) is 14.8. The molecule has 2 unspecified atom stereocenters. The first-order valence-electron chi connectivity index (χ1n) is 21.1. The molecule has 0 amide bonds. The number of aliphatic imine (C=N–C) groups is 1. The van der Waals surface area contributed by atoms with Gasteiger partial charge in [-0.3, -0.25) is 4.99 Å². The van der Waals surface area contributed by atoms with Gasteiger partial charge in [0.15, 0.2) is 0 Å². The third kappa shape index (κ3) is 5.32. The number of fused-ring (bicyclic) bond motifs is 9. The number of allylic oxidation sites excluding steroid dienone is 1. The Morgan fingerprint density at radius 1 is 0.467 bits per heavy atom. The van der Waals surface area contributed by atoms with Crippen molar-refractivity contribution in [3.05, 3.63) is 223 Å². The van der Waals surface area contributed by atoms with E-state index in [-0.39, 0.29) is 11.8 Å². The molecule has 0 saturated carbocycles. The Balaban J connectivity index is 1.07. The maximum Gasteiger partial charge on any atom is 0.0672 e. The van der Waals surface area contributed by atoms with Gasteiger partial charge in [-0.05, 0) is 81.7 Å². The number of benzene rings is 9. The van der Waals surface area contributed by atoms with Crippen molar-refractivity contribution >= 4 is 76.6 Å². The van der Waals surface area contributed by atoms with E-state index in [0.717, 1.165) is 23.4 Å². The summed E-state index contributed by atoms with van der Waals surface area (Å²) >= 11 is 0. The lowest BCUT2D eigenvalue weighted by atomic mass is 9.76. The topological polar surface area (TPSA) is 22.2 Å². The van der Waals surface area contributed by atoms with Crippen LogP contribution in [0.25, 0.3) is 82.2 Å². The van der Waals surface area contributed by atoms with Crippen molar-refractivity contribution < 1.29 is 0 Å². The monoisotopic (exact) mass is 767 g/mol.